The van der Waals surface area contributed by atoms with E-state index in [1.807, 2.05) is 39.0 Å². The number of aryl methyl sites for hydroxylation is 2. The highest BCUT2D eigenvalue weighted by Gasteiger charge is 2.32. The Morgan fingerprint density at radius 3 is 2.57 bits per heavy atom. The Balaban J connectivity index is 1.12. The molecule has 42 heavy (non-hydrogen) atoms. The van der Waals surface area contributed by atoms with E-state index in [9.17, 15) is 19.2 Å². The number of piperidine rings is 1. The summed E-state index contributed by atoms with van der Waals surface area (Å²) in [6, 6.07) is 5.48. The van der Waals surface area contributed by atoms with Crippen molar-refractivity contribution in [1.29, 1.82) is 0 Å². The van der Waals surface area contributed by atoms with Crippen molar-refractivity contribution in [2.24, 2.45) is 13.0 Å². The lowest BCUT2D eigenvalue weighted by Gasteiger charge is -2.37. The van der Waals surface area contributed by atoms with Crippen molar-refractivity contribution in [3.05, 3.63) is 34.2 Å². The molecule has 1 aromatic carbocycles. The molecule has 2 aromatic rings. The molecule has 2 N–H and O–H groups in total. The first-order chi connectivity index (χ1) is 20.0. The number of nitrogens with zero attached hydrogens (tertiary/aromatic N) is 3. The molecule has 2 aliphatic heterocycles. The van der Waals surface area contributed by atoms with E-state index in [1.54, 1.807) is 11.6 Å². The number of aromatic nitrogens is 2. The summed E-state index contributed by atoms with van der Waals surface area (Å²) in [6.45, 7) is 9.26. The molecule has 5 rings (SSSR count). The molecule has 3 heterocycles. The highest BCUT2D eigenvalue weighted by Crippen LogP contribution is 2.27. The number of imidazole rings is 1. The molecule has 1 aliphatic carbocycles. The van der Waals surface area contributed by atoms with Gasteiger partial charge in [0.1, 0.15) is 11.6 Å². The Kier molecular flexibility index (Phi) is 9.08. The third-order valence-electron chi connectivity index (χ3n) is 8.74. The van der Waals surface area contributed by atoms with E-state index >= 15 is 0 Å². The molecule has 0 spiro atoms. The third kappa shape index (κ3) is 7.23. The summed E-state index contributed by atoms with van der Waals surface area (Å²) in [7, 11) is 1.72. The number of hydrogen-bond donors (Lipinski definition) is 2. The standard InChI is InChI=1S/C31H45N5O6/c1-31(2,3)42-29(39)32-22-9-5-21(6-10-22)18-35-15-16-41-23(19-35)11-7-20-8-12-24-26(17-20)34(4)30(40)36(24)25-13-14-27(37)33-28(25)38/h8,12,17,21-23,25H,5-7,9-11,13-16,18-19H2,1-4H3,(H,32,39)(H,33,37,38)/t21?,22?,23-,25?/m1/s1. The first-order valence-electron chi connectivity index (χ1n) is 15.3. The lowest BCUT2D eigenvalue weighted by molar-refractivity contribution is -0.135. The van der Waals surface area contributed by atoms with Gasteiger partial charge in [-0.1, -0.05) is 6.07 Å². The predicted octanol–water partition coefficient (Wildman–Crippen LogP) is 3.03. The van der Waals surface area contributed by atoms with Gasteiger partial charge in [-0.2, -0.15) is 0 Å². The normalized spacial score (nSPS) is 25.8. The molecule has 1 saturated carbocycles. The van der Waals surface area contributed by atoms with Gasteiger partial charge in [-0.3, -0.25) is 28.9 Å². The summed E-state index contributed by atoms with van der Waals surface area (Å²) >= 11 is 0. The van der Waals surface area contributed by atoms with Crippen LogP contribution in [0.5, 0.6) is 0 Å². The first-order valence-corrected chi connectivity index (χ1v) is 15.3. The molecule has 11 nitrogen and oxygen atoms in total. The average Bonchev–Trinajstić information content (AvgIpc) is 3.17. The second-order valence-electron chi connectivity index (χ2n) is 13.2. The van der Waals surface area contributed by atoms with Crippen molar-refractivity contribution in [1.82, 2.24) is 24.7 Å². The minimum Gasteiger partial charge on any atom is -0.444 e. The summed E-state index contributed by atoms with van der Waals surface area (Å²) in [5.74, 6) is -0.0951. The van der Waals surface area contributed by atoms with Crippen LogP contribution < -0.4 is 16.3 Å². The van der Waals surface area contributed by atoms with Crippen LogP contribution in [0.4, 0.5) is 4.79 Å². The van der Waals surface area contributed by atoms with Gasteiger partial charge in [0.2, 0.25) is 11.8 Å². The average molecular weight is 584 g/mol. The quantitative estimate of drug-likeness (QED) is 0.480. The van der Waals surface area contributed by atoms with E-state index in [0.717, 1.165) is 75.8 Å². The van der Waals surface area contributed by atoms with Gasteiger partial charge in [0, 0.05) is 39.1 Å². The molecule has 230 valence electrons. The first kappa shape index (κ1) is 30.3. The summed E-state index contributed by atoms with van der Waals surface area (Å²) in [5.41, 5.74) is 1.87. The zero-order valence-electron chi connectivity index (χ0n) is 25.3. The highest BCUT2D eigenvalue weighted by atomic mass is 16.6. The fourth-order valence-corrected chi connectivity index (χ4v) is 6.57. The number of carbonyl (C=O) groups excluding carboxylic acids is 3. The number of amides is 3. The second-order valence-corrected chi connectivity index (χ2v) is 13.2. The molecule has 1 unspecified atom stereocenters. The molecule has 3 amide bonds. The topological polar surface area (TPSA) is 124 Å². The van der Waals surface area contributed by atoms with E-state index in [1.165, 1.54) is 4.57 Å². The monoisotopic (exact) mass is 583 g/mol. The van der Waals surface area contributed by atoms with Crippen LogP contribution in [0.25, 0.3) is 11.0 Å². The second kappa shape index (κ2) is 12.6. The van der Waals surface area contributed by atoms with E-state index in [4.69, 9.17) is 9.47 Å². The Morgan fingerprint density at radius 2 is 1.86 bits per heavy atom. The van der Waals surface area contributed by atoms with Crippen molar-refractivity contribution in [2.75, 3.05) is 26.2 Å². The molecule has 1 aromatic heterocycles. The molecule has 0 bridgehead atoms. The van der Waals surface area contributed by atoms with Crippen molar-refractivity contribution in [3.63, 3.8) is 0 Å². The summed E-state index contributed by atoms with van der Waals surface area (Å²) in [4.78, 5) is 51.8. The number of hydrogen-bond acceptors (Lipinski definition) is 7. The number of imide groups is 1. The Bertz CT molecular complexity index is 1370. The van der Waals surface area contributed by atoms with Gasteiger partial charge >= 0.3 is 11.8 Å². The van der Waals surface area contributed by atoms with E-state index in [2.05, 4.69) is 15.5 Å². The van der Waals surface area contributed by atoms with Gasteiger partial charge in [0.25, 0.3) is 0 Å². The maximum absolute atomic E-state index is 13.1. The van der Waals surface area contributed by atoms with Gasteiger partial charge in [-0.15, -0.1) is 0 Å². The smallest absolute Gasteiger partial charge is 0.407 e. The van der Waals surface area contributed by atoms with E-state index in [0.29, 0.717) is 17.9 Å². The third-order valence-corrected chi connectivity index (χ3v) is 8.74. The van der Waals surface area contributed by atoms with Crippen molar-refractivity contribution >= 4 is 28.9 Å². The van der Waals surface area contributed by atoms with Gasteiger partial charge in [-0.05, 0) is 89.3 Å². The van der Waals surface area contributed by atoms with Crippen LogP contribution in [-0.2, 0) is 32.5 Å². The number of rotatable bonds is 7. The van der Waals surface area contributed by atoms with Crippen molar-refractivity contribution < 1.29 is 23.9 Å². The largest absolute Gasteiger partial charge is 0.444 e. The van der Waals surface area contributed by atoms with E-state index in [-0.39, 0.29) is 36.3 Å². The summed E-state index contributed by atoms with van der Waals surface area (Å²) in [6.07, 6.45) is 6.24. The molecule has 3 aliphatic rings. The number of nitrogens with one attached hydrogen (secondary N) is 2. The molecule has 2 saturated heterocycles. The Morgan fingerprint density at radius 1 is 1.10 bits per heavy atom. The van der Waals surface area contributed by atoms with Gasteiger partial charge in [0.15, 0.2) is 0 Å². The fourth-order valence-electron chi connectivity index (χ4n) is 6.57. The molecule has 11 heteroatoms. The maximum Gasteiger partial charge on any atom is 0.407 e. The molecular formula is C31H45N5O6. The van der Waals surface area contributed by atoms with Crippen LogP contribution in [0, 0.1) is 5.92 Å². The zero-order valence-corrected chi connectivity index (χ0v) is 25.3. The van der Waals surface area contributed by atoms with Crippen LogP contribution in [-0.4, -0.2) is 75.9 Å². The molecule has 0 radical (unpaired) electrons. The number of benzene rings is 1. The number of ether oxygens (including phenoxy) is 2. The molecule has 2 atom stereocenters. The van der Waals surface area contributed by atoms with Crippen LogP contribution in [0.1, 0.15) is 77.3 Å². The number of carbonyl (C=O) groups is 3. The lowest BCUT2D eigenvalue weighted by Crippen LogP contribution is -2.46. The highest BCUT2D eigenvalue weighted by molar-refractivity contribution is 6.00. The number of fused-ring (bicyclic) bond motifs is 1. The molecule has 3 fully saturated rings. The van der Waals surface area contributed by atoms with Gasteiger partial charge in [-0.25, -0.2) is 9.59 Å². The van der Waals surface area contributed by atoms with Crippen LogP contribution >= 0.6 is 0 Å². The van der Waals surface area contributed by atoms with Crippen LogP contribution in [0.3, 0.4) is 0 Å². The fraction of sp³-hybridized carbons (Fsp3) is 0.677. The predicted molar refractivity (Wildman–Crippen MR) is 158 cm³/mol. The van der Waals surface area contributed by atoms with Gasteiger partial charge < -0.3 is 14.8 Å². The van der Waals surface area contributed by atoms with Crippen molar-refractivity contribution in [3.8, 4) is 0 Å². The van der Waals surface area contributed by atoms with Crippen LogP contribution in [0.15, 0.2) is 23.0 Å². The molecular weight excluding hydrogens is 538 g/mol. The number of morpholine rings is 1. The zero-order chi connectivity index (χ0) is 30.0. The Hall–Kier alpha value is -3.18. The van der Waals surface area contributed by atoms with Crippen LogP contribution in [0.2, 0.25) is 0 Å². The summed E-state index contributed by atoms with van der Waals surface area (Å²) in [5, 5.41) is 5.39. The summed E-state index contributed by atoms with van der Waals surface area (Å²) < 4.78 is 14.6. The minimum absolute atomic E-state index is 0.150. The number of alkyl carbamates (subject to hydrolysis) is 1. The lowest BCUT2D eigenvalue weighted by atomic mass is 9.85. The Labute approximate surface area is 246 Å². The maximum atomic E-state index is 13.1. The van der Waals surface area contributed by atoms with Gasteiger partial charge in [0.05, 0.1) is 23.7 Å². The SMILES string of the molecule is Cn1c(=O)n(C2CCC(=O)NC2=O)c2ccc(CC[C@@H]3CN(CC4CCC(NC(=O)OC(C)(C)C)CC4)CCO3)cc21. The van der Waals surface area contributed by atoms with Crippen molar-refractivity contribution in [2.45, 2.75) is 95.9 Å². The minimum atomic E-state index is -0.678. The van der Waals surface area contributed by atoms with E-state index < -0.39 is 17.6 Å².